The molecule has 0 fully saturated rings. The smallest absolute Gasteiger partial charge is 0.338 e. The molecule has 1 N–H and O–H groups in total. The molecule has 0 amide bonds. The molecule has 0 bridgehead atoms. The number of carbonyl (C=O) groups is 1. The highest BCUT2D eigenvalue weighted by Gasteiger charge is 2.32. The largest absolute Gasteiger partial charge is 0.508 e. The second-order valence-corrected chi connectivity index (χ2v) is 7.58. The topological polar surface area (TPSA) is 80.9 Å². The second kappa shape index (κ2) is 7.52. The van der Waals surface area contributed by atoms with Crippen LogP contribution >= 0.6 is 11.3 Å². The molecule has 2 aromatic carbocycles. The first kappa shape index (κ1) is 18.9. The van der Waals surface area contributed by atoms with Crippen LogP contribution in [0.5, 0.6) is 5.75 Å². The van der Waals surface area contributed by atoms with Gasteiger partial charge < -0.3 is 9.84 Å². The summed E-state index contributed by atoms with van der Waals surface area (Å²) >= 11 is 1.26. The van der Waals surface area contributed by atoms with Gasteiger partial charge in [0.2, 0.25) is 0 Å². The molecule has 0 radical (unpaired) electrons. The minimum Gasteiger partial charge on any atom is -0.508 e. The van der Waals surface area contributed by atoms with E-state index in [0.717, 1.165) is 11.1 Å². The van der Waals surface area contributed by atoms with Crippen LogP contribution in [-0.4, -0.2) is 22.8 Å². The Bertz CT molecular complexity index is 1290. The van der Waals surface area contributed by atoms with Crippen molar-refractivity contribution in [3.63, 3.8) is 0 Å². The molecule has 1 aromatic heterocycles. The second-order valence-electron chi connectivity index (χ2n) is 6.58. The summed E-state index contributed by atoms with van der Waals surface area (Å²) in [6.45, 7) is 1.75. The number of phenols is 1. The average molecular weight is 406 g/mol. The molecule has 0 unspecified atom stereocenters. The average Bonchev–Trinajstić information content (AvgIpc) is 3.03. The predicted octanol–water partition coefficient (Wildman–Crippen LogP) is 2.11. The van der Waals surface area contributed by atoms with Gasteiger partial charge in [0, 0.05) is 0 Å². The molecule has 1 atom stereocenters. The fourth-order valence-corrected chi connectivity index (χ4v) is 4.41. The van der Waals surface area contributed by atoms with E-state index < -0.39 is 12.0 Å². The number of fused-ring (bicyclic) bond motifs is 1. The number of methoxy groups -OCH3 is 1. The molecule has 1 aliphatic rings. The first-order valence-corrected chi connectivity index (χ1v) is 9.76. The van der Waals surface area contributed by atoms with Crippen LogP contribution in [0.1, 0.15) is 24.1 Å². The maximum absolute atomic E-state index is 13.3. The van der Waals surface area contributed by atoms with Gasteiger partial charge in [-0.1, -0.05) is 53.8 Å². The fourth-order valence-electron chi connectivity index (χ4n) is 3.37. The zero-order valence-corrected chi connectivity index (χ0v) is 16.6. The van der Waals surface area contributed by atoms with Crippen LogP contribution in [0, 0.1) is 0 Å². The van der Waals surface area contributed by atoms with E-state index in [4.69, 9.17) is 4.74 Å². The standard InChI is InChI=1S/C22H18N2O4S/c1-13-18(21(27)28-2)19(15-6-4-3-5-7-15)24-20(26)17(29-22(24)23-13)12-14-8-10-16(25)11-9-14/h3-12,19,25H,1-2H3/b17-12+/t19-/m1/s1. The summed E-state index contributed by atoms with van der Waals surface area (Å²) in [5.41, 5.74) is 2.24. The molecular weight excluding hydrogens is 388 g/mol. The van der Waals surface area contributed by atoms with Crippen LogP contribution in [0.2, 0.25) is 0 Å². The van der Waals surface area contributed by atoms with E-state index >= 15 is 0 Å². The molecule has 3 aromatic rings. The van der Waals surface area contributed by atoms with Crippen LogP contribution < -0.4 is 14.9 Å². The molecule has 29 heavy (non-hydrogen) atoms. The van der Waals surface area contributed by atoms with Gasteiger partial charge in [-0.3, -0.25) is 9.36 Å². The molecule has 1 aliphatic heterocycles. The molecule has 0 aliphatic carbocycles. The molecule has 7 heteroatoms. The van der Waals surface area contributed by atoms with Crippen molar-refractivity contribution in [3.8, 4) is 5.75 Å². The summed E-state index contributed by atoms with van der Waals surface area (Å²) in [5, 5.41) is 9.46. The number of ether oxygens (including phenoxy) is 1. The summed E-state index contributed by atoms with van der Waals surface area (Å²) < 4.78 is 7.02. The number of phenolic OH excluding ortho intramolecular Hbond substituents is 1. The number of aromatic hydroxyl groups is 1. The number of thiazole rings is 1. The first-order chi connectivity index (χ1) is 14.0. The Balaban J connectivity index is 1.97. The Kier molecular flexibility index (Phi) is 4.90. The number of aromatic nitrogens is 1. The molecule has 4 rings (SSSR count). The van der Waals surface area contributed by atoms with E-state index in [1.54, 1.807) is 41.8 Å². The van der Waals surface area contributed by atoms with Gasteiger partial charge >= 0.3 is 5.97 Å². The van der Waals surface area contributed by atoms with Gasteiger partial charge in [0.05, 0.1) is 29.0 Å². The predicted molar refractivity (Wildman–Crippen MR) is 110 cm³/mol. The molecule has 0 saturated carbocycles. The van der Waals surface area contributed by atoms with Gasteiger partial charge in [-0.05, 0) is 36.3 Å². The highest BCUT2D eigenvalue weighted by molar-refractivity contribution is 7.07. The van der Waals surface area contributed by atoms with Crippen LogP contribution in [0.15, 0.2) is 75.7 Å². The Hall–Kier alpha value is -3.45. The molecule has 0 saturated heterocycles. The summed E-state index contributed by atoms with van der Waals surface area (Å²) in [7, 11) is 1.32. The number of benzene rings is 2. The van der Waals surface area contributed by atoms with Crippen molar-refractivity contribution >= 4 is 23.4 Å². The number of hydrogen-bond donors (Lipinski definition) is 1. The van der Waals surface area contributed by atoms with Crippen molar-refractivity contribution in [1.82, 2.24) is 4.57 Å². The lowest BCUT2D eigenvalue weighted by atomic mass is 9.96. The first-order valence-electron chi connectivity index (χ1n) is 8.94. The highest BCUT2D eigenvalue weighted by atomic mass is 32.1. The Morgan fingerprint density at radius 2 is 1.86 bits per heavy atom. The number of carbonyl (C=O) groups excluding carboxylic acids is 1. The molecule has 6 nitrogen and oxygen atoms in total. The zero-order valence-electron chi connectivity index (χ0n) is 15.8. The van der Waals surface area contributed by atoms with Crippen molar-refractivity contribution < 1.29 is 14.6 Å². The molecule has 2 heterocycles. The van der Waals surface area contributed by atoms with E-state index in [0.29, 0.717) is 20.6 Å². The van der Waals surface area contributed by atoms with Crippen molar-refractivity contribution in [2.45, 2.75) is 13.0 Å². The lowest BCUT2D eigenvalue weighted by Gasteiger charge is -2.24. The quantitative estimate of drug-likeness (QED) is 0.676. The van der Waals surface area contributed by atoms with Crippen molar-refractivity contribution in [3.05, 3.63) is 96.7 Å². The lowest BCUT2D eigenvalue weighted by molar-refractivity contribution is -0.136. The van der Waals surface area contributed by atoms with E-state index in [1.165, 1.54) is 18.4 Å². The van der Waals surface area contributed by atoms with Gasteiger partial charge in [0.15, 0.2) is 4.80 Å². The lowest BCUT2D eigenvalue weighted by Crippen LogP contribution is -2.39. The summed E-state index contributed by atoms with van der Waals surface area (Å²) in [6.07, 6.45) is 1.75. The third-order valence-electron chi connectivity index (χ3n) is 4.73. The van der Waals surface area contributed by atoms with Gasteiger partial charge in [-0.25, -0.2) is 9.79 Å². The van der Waals surface area contributed by atoms with Crippen LogP contribution in [0.25, 0.3) is 6.08 Å². The minimum atomic E-state index is -0.609. The Morgan fingerprint density at radius 1 is 1.17 bits per heavy atom. The summed E-state index contributed by atoms with van der Waals surface area (Å²) in [6, 6.07) is 15.4. The van der Waals surface area contributed by atoms with Gasteiger partial charge in [0.1, 0.15) is 5.75 Å². The Labute approximate surface area is 170 Å². The van der Waals surface area contributed by atoms with Crippen LogP contribution in [0.4, 0.5) is 0 Å². The number of esters is 1. The van der Waals surface area contributed by atoms with E-state index in [-0.39, 0.29) is 11.3 Å². The van der Waals surface area contributed by atoms with E-state index in [9.17, 15) is 14.7 Å². The van der Waals surface area contributed by atoms with Gasteiger partial charge in [-0.15, -0.1) is 0 Å². The molecular formula is C22H18N2O4S. The van der Waals surface area contributed by atoms with Crippen LogP contribution in [-0.2, 0) is 9.53 Å². The monoisotopic (exact) mass is 406 g/mol. The number of rotatable bonds is 3. The van der Waals surface area contributed by atoms with Crippen molar-refractivity contribution in [1.29, 1.82) is 0 Å². The van der Waals surface area contributed by atoms with Crippen LogP contribution in [0.3, 0.4) is 0 Å². The fraction of sp³-hybridized carbons (Fsp3) is 0.136. The third-order valence-corrected chi connectivity index (χ3v) is 5.72. The SMILES string of the molecule is COC(=O)C1=C(C)N=c2s/c(=C/c3ccc(O)cc3)c(=O)n2[C@@H]1c1ccccc1. The number of hydrogen-bond acceptors (Lipinski definition) is 6. The zero-order chi connectivity index (χ0) is 20.5. The molecule has 0 spiro atoms. The summed E-state index contributed by atoms with van der Waals surface area (Å²) in [5.74, 6) is -0.348. The Morgan fingerprint density at radius 3 is 2.52 bits per heavy atom. The maximum atomic E-state index is 13.3. The highest BCUT2D eigenvalue weighted by Crippen LogP contribution is 2.30. The van der Waals surface area contributed by atoms with E-state index in [1.807, 2.05) is 30.3 Å². The van der Waals surface area contributed by atoms with Gasteiger partial charge in [-0.2, -0.15) is 0 Å². The van der Waals surface area contributed by atoms with Crippen molar-refractivity contribution in [2.24, 2.45) is 4.99 Å². The van der Waals surface area contributed by atoms with E-state index in [2.05, 4.69) is 4.99 Å². The third kappa shape index (κ3) is 3.40. The maximum Gasteiger partial charge on any atom is 0.338 e. The molecule has 146 valence electrons. The minimum absolute atomic E-state index is 0.158. The van der Waals surface area contributed by atoms with Gasteiger partial charge in [0.25, 0.3) is 5.56 Å². The number of allylic oxidation sites excluding steroid dienone is 1. The normalized spacial score (nSPS) is 16.3. The van der Waals surface area contributed by atoms with Crippen molar-refractivity contribution in [2.75, 3.05) is 7.11 Å². The number of nitrogens with zero attached hydrogens (tertiary/aromatic N) is 2. The summed E-state index contributed by atoms with van der Waals surface area (Å²) in [4.78, 5) is 30.9.